The van der Waals surface area contributed by atoms with E-state index in [4.69, 9.17) is 11.5 Å². The van der Waals surface area contributed by atoms with Crippen molar-refractivity contribution in [3.05, 3.63) is 29.8 Å². The average molecular weight is 457 g/mol. The van der Waals surface area contributed by atoms with Crippen molar-refractivity contribution < 1.29 is 14.7 Å². The van der Waals surface area contributed by atoms with Crippen LogP contribution in [-0.2, 0) is 9.59 Å². The number of carbonyl (C=O) groups excluding carboxylic acids is 2. The van der Waals surface area contributed by atoms with Gasteiger partial charge in [-0.2, -0.15) is 0 Å². The number of benzene rings is 1. The van der Waals surface area contributed by atoms with Crippen LogP contribution in [0.25, 0.3) is 0 Å². The molecule has 1 saturated heterocycles. The first-order chi connectivity index (χ1) is 15.4. The van der Waals surface area contributed by atoms with Gasteiger partial charge in [-0.1, -0.05) is 39.0 Å². The molecule has 3 aliphatic rings. The predicted octanol–water partition coefficient (Wildman–Crippen LogP) is 1.69. The highest BCUT2D eigenvalue weighted by atomic mass is 16.3. The van der Waals surface area contributed by atoms with Crippen LogP contribution in [0.1, 0.15) is 46.1 Å². The largest absolute Gasteiger partial charge is 0.391 e. The molecule has 2 aliphatic carbocycles. The third-order valence-electron chi connectivity index (χ3n) is 9.69. The standard InChI is InChI=1S/C26H40N4O3/c1-16-8-6-7-9-18(16)29-12-14-30(15-13-29)23(33)20-19(22(32)21(27)17(2)31)25(5)10-11-26(20,28)24(25,3)4/h6-9,17,19-21,31H,10-15,27-28H2,1-5H3. The molecule has 2 saturated carbocycles. The highest BCUT2D eigenvalue weighted by molar-refractivity contribution is 5.95. The molecule has 0 radical (unpaired) electrons. The van der Waals surface area contributed by atoms with Crippen LogP contribution in [0.4, 0.5) is 5.69 Å². The Bertz CT molecular complexity index is 939. The first-order valence-corrected chi connectivity index (χ1v) is 12.2. The number of nitrogens with zero attached hydrogens (tertiary/aromatic N) is 2. The predicted molar refractivity (Wildman–Crippen MR) is 130 cm³/mol. The number of hydrogen-bond donors (Lipinski definition) is 3. The Morgan fingerprint density at radius 3 is 2.24 bits per heavy atom. The maximum Gasteiger partial charge on any atom is 0.228 e. The molecule has 0 spiro atoms. The van der Waals surface area contributed by atoms with Gasteiger partial charge < -0.3 is 26.4 Å². The lowest BCUT2D eigenvalue weighted by Crippen LogP contribution is -2.61. The van der Waals surface area contributed by atoms with Gasteiger partial charge in [-0.15, -0.1) is 0 Å². The number of para-hydroxylation sites is 1. The van der Waals surface area contributed by atoms with E-state index in [0.29, 0.717) is 19.5 Å². The minimum absolute atomic E-state index is 0.0328. The molecule has 1 amide bonds. The molecule has 1 aromatic rings. The number of nitrogens with two attached hydrogens (primary N) is 2. The molecule has 7 heteroatoms. The highest BCUT2D eigenvalue weighted by Crippen LogP contribution is 2.71. The molecule has 5 N–H and O–H groups in total. The third kappa shape index (κ3) is 3.34. The summed E-state index contributed by atoms with van der Waals surface area (Å²) in [6, 6.07) is 7.28. The van der Waals surface area contributed by atoms with Crippen LogP contribution in [0, 0.1) is 29.6 Å². The summed E-state index contributed by atoms with van der Waals surface area (Å²) >= 11 is 0. The van der Waals surface area contributed by atoms with Gasteiger partial charge in [-0.05, 0) is 49.1 Å². The summed E-state index contributed by atoms with van der Waals surface area (Å²) < 4.78 is 0. The lowest BCUT2D eigenvalue weighted by atomic mass is 9.63. The van der Waals surface area contributed by atoms with E-state index in [1.54, 1.807) is 0 Å². The monoisotopic (exact) mass is 456 g/mol. The van der Waals surface area contributed by atoms with Gasteiger partial charge >= 0.3 is 0 Å². The van der Waals surface area contributed by atoms with Crippen molar-refractivity contribution in [1.82, 2.24) is 4.90 Å². The fourth-order valence-corrected chi connectivity index (χ4v) is 6.95. The Labute approximate surface area is 197 Å². The van der Waals surface area contributed by atoms with E-state index in [1.807, 2.05) is 17.0 Å². The van der Waals surface area contributed by atoms with E-state index in [2.05, 4.69) is 44.7 Å². The molecule has 6 unspecified atom stereocenters. The molecule has 4 rings (SSSR count). The van der Waals surface area contributed by atoms with E-state index >= 15 is 0 Å². The van der Waals surface area contributed by atoms with E-state index < -0.39 is 40.4 Å². The summed E-state index contributed by atoms with van der Waals surface area (Å²) in [6.45, 7) is 12.6. The van der Waals surface area contributed by atoms with Crippen molar-refractivity contribution in [1.29, 1.82) is 0 Å². The van der Waals surface area contributed by atoms with Gasteiger partial charge in [-0.25, -0.2) is 0 Å². The Kier molecular flexibility index (Phi) is 5.91. The summed E-state index contributed by atoms with van der Waals surface area (Å²) in [5.41, 5.74) is 14.0. The molecule has 1 aromatic carbocycles. The Hall–Kier alpha value is -1.96. The number of Topliss-reactive ketones (excluding diaryl/α,β-unsaturated/α-hetero) is 1. The van der Waals surface area contributed by atoms with Crippen molar-refractivity contribution in [2.24, 2.45) is 34.1 Å². The lowest BCUT2D eigenvalue weighted by Gasteiger charge is -2.44. The molecule has 6 atom stereocenters. The first kappa shape index (κ1) is 24.2. The summed E-state index contributed by atoms with van der Waals surface area (Å²) in [6.07, 6.45) is 0.527. The molecule has 182 valence electrons. The molecular formula is C26H40N4O3. The number of aliphatic hydroxyl groups is 1. The number of fused-ring (bicyclic) bond motifs is 2. The second kappa shape index (κ2) is 8.07. The van der Waals surface area contributed by atoms with Crippen LogP contribution in [-0.4, -0.2) is 65.6 Å². The second-order valence-corrected chi connectivity index (χ2v) is 11.3. The summed E-state index contributed by atoms with van der Waals surface area (Å²) in [7, 11) is 0. The fraction of sp³-hybridized carbons (Fsp3) is 0.692. The second-order valence-electron chi connectivity index (χ2n) is 11.3. The maximum atomic E-state index is 14.0. The topological polar surface area (TPSA) is 113 Å². The van der Waals surface area contributed by atoms with Gasteiger partial charge in [0, 0.05) is 43.3 Å². The number of rotatable bonds is 5. The molecule has 1 aliphatic heterocycles. The van der Waals surface area contributed by atoms with E-state index in [9.17, 15) is 14.7 Å². The van der Waals surface area contributed by atoms with E-state index in [0.717, 1.165) is 19.5 Å². The van der Waals surface area contributed by atoms with Crippen LogP contribution in [0.2, 0.25) is 0 Å². The number of amides is 1. The zero-order chi connectivity index (χ0) is 24.3. The molecule has 0 aromatic heterocycles. The average Bonchev–Trinajstić information content (AvgIpc) is 3.04. The van der Waals surface area contributed by atoms with Gasteiger partial charge in [0.15, 0.2) is 5.78 Å². The number of aliphatic hydroxyl groups excluding tert-OH is 1. The van der Waals surface area contributed by atoms with Crippen LogP contribution in [0.5, 0.6) is 0 Å². The Morgan fingerprint density at radius 2 is 1.67 bits per heavy atom. The van der Waals surface area contributed by atoms with E-state index in [1.165, 1.54) is 18.2 Å². The summed E-state index contributed by atoms with van der Waals surface area (Å²) in [4.78, 5) is 31.8. The molecule has 3 fully saturated rings. The first-order valence-electron chi connectivity index (χ1n) is 12.2. The van der Waals surface area contributed by atoms with Gasteiger partial charge in [0.25, 0.3) is 0 Å². The minimum atomic E-state index is -1.02. The molecular weight excluding hydrogens is 416 g/mol. The molecule has 1 heterocycles. The van der Waals surface area contributed by atoms with Crippen LogP contribution >= 0.6 is 0 Å². The van der Waals surface area contributed by atoms with Crippen LogP contribution in [0.15, 0.2) is 24.3 Å². The number of anilines is 1. The Balaban J connectivity index is 1.60. The number of aryl methyl sites for hydroxylation is 1. The molecule has 2 bridgehead atoms. The van der Waals surface area contributed by atoms with Crippen LogP contribution in [0.3, 0.4) is 0 Å². The summed E-state index contributed by atoms with van der Waals surface area (Å²) in [5.74, 6) is -1.47. The van der Waals surface area contributed by atoms with E-state index in [-0.39, 0.29) is 11.7 Å². The van der Waals surface area contributed by atoms with Gasteiger partial charge in [0.1, 0.15) is 0 Å². The van der Waals surface area contributed by atoms with Crippen molar-refractivity contribution in [2.45, 2.75) is 65.1 Å². The SMILES string of the molecule is Cc1ccccc1N1CCN(C(=O)C2C(C(=O)C(N)C(C)O)C3(C)CCC2(N)C3(C)C)CC1. The van der Waals surface area contributed by atoms with Crippen molar-refractivity contribution in [2.75, 3.05) is 31.1 Å². The number of carbonyl (C=O) groups is 2. The normalized spacial score (nSPS) is 34.9. The Morgan fingerprint density at radius 1 is 1.06 bits per heavy atom. The number of ketones is 1. The molecule has 33 heavy (non-hydrogen) atoms. The van der Waals surface area contributed by atoms with Crippen molar-refractivity contribution in [3.8, 4) is 0 Å². The van der Waals surface area contributed by atoms with Gasteiger partial charge in [0.05, 0.1) is 18.1 Å². The zero-order valence-electron chi connectivity index (χ0n) is 20.7. The van der Waals surface area contributed by atoms with Crippen molar-refractivity contribution >= 4 is 17.4 Å². The molecule has 7 nitrogen and oxygen atoms in total. The quantitative estimate of drug-likeness (QED) is 0.622. The van der Waals surface area contributed by atoms with Crippen molar-refractivity contribution in [3.63, 3.8) is 0 Å². The highest BCUT2D eigenvalue weighted by Gasteiger charge is 2.76. The van der Waals surface area contributed by atoms with Gasteiger partial charge in [0.2, 0.25) is 5.91 Å². The fourth-order valence-electron chi connectivity index (χ4n) is 6.95. The summed E-state index contributed by atoms with van der Waals surface area (Å²) in [5, 5.41) is 10.1. The number of hydrogen-bond acceptors (Lipinski definition) is 6. The zero-order valence-corrected chi connectivity index (χ0v) is 20.7. The number of piperazine rings is 1. The van der Waals surface area contributed by atoms with Crippen LogP contribution < -0.4 is 16.4 Å². The minimum Gasteiger partial charge on any atom is -0.391 e. The van der Waals surface area contributed by atoms with Gasteiger partial charge in [-0.3, -0.25) is 9.59 Å². The lowest BCUT2D eigenvalue weighted by molar-refractivity contribution is -0.147. The maximum absolute atomic E-state index is 14.0. The smallest absolute Gasteiger partial charge is 0.228 e. The third-order valence-corrected chi connectivity index (χ3v) is 9.69.